The normalized spacial score (nSPS) is 12.6. The lowest BCUT2D eigenvalue weighted by Gasteiger charge is -2.39. The molecule has 1 aromatic carbocycles. The Kier molecular flexibility index (Phi) is 4.26. The van der Waals surface area contributed by atoms with Crippen molar-refractivity contribution in [1.29, 1.82) is 0 Å². The van der Waals surface area contributed by atoms with Crippen molar-refractivity contribution in [2.45, 2.75) is 38.5 Å². The summed E-state index contributed by atoms with van der Waals surface area (Å²) in [6.07, 6.45) is 0. The highest BCUT2D eigenvalue weighted by Gasteiger charge is 2.33. The van der Waals surface area contributed by atoms with E-state index in [0.29, 0.717) is 7.48 Å². The van der Waals surface area contributed by atoms with Crippen LogP contribution >= 0.6 is 9.24 Å². The van der Waals surface area contributed by atoms with Crippen molar-refractivity contribution in [2.75, 3.05) is 0 Å². The fourth-order valence-corrected chi connectivity index (χ4v) is 1.22. The van der Waals surface area contributed by atoms with Gasteiger partial charge < -0.3 is 4.65 Å². The third-order valence-corrected chi connectivity index (χ3v) is 3.97. The van der Waals surface area contributed by atoms with Crippen LogP contribution in [-0.2, 0) is 4.65 Å². The first-order valence-corrected chi connectivity index (χ1v) is 6.28. The Morgan fingerprint density at radius 3 is 2.06 bits per heavy atom. The van der Waals surface area contributed by atoms with Gasteiger partial charge in [0.1, 0.15) is 7.85 Å². The summed E-state index contributed by atoms with van der Waals surface area (Å²) in [5.41, 5.74) is 2.37. The molecule has 0 heterocycles. The van der Waals surface area contributed by atoms with Crippen LogP contribution in [0, 0.1) is 0 Å². The molecule has 4 heteroatoms. The molecular weight excluding hydrogens is 213 g/mol. The minimum Gasteiger partial charge on any atom is -0.429 e. The van der Waals surface area contributed by atoms with Crippen molar-refractivity contribution in [3.05, 3.63) is 24.3 Å². The molecule has 0 radical (unpaired) electrons. The Morgan fingerprint density at radius 1 is 1.12 bits per heavy atom. The fraction of sp³-hybridized carbons (Fsp3) is 0.500. The molecule has 0 aromatic heterocycles. The van der Waals surface area contributed by atoms with Crippen molar-refractivity contribution >= 4 is 35.5 Å². The molecule has 0 saturated heterocycles. The first-order valence-electron chi connectivity index (χ1n) is 5.71. The first-order chi connectivity index (χ1) is 7.22. The molecule has 1 nitrogen and oxygen atoms in total. The maximum atomic E-state index is 6.00. The highest BCUT2D eigenvalue weighted by molar-refractivity contribution is 7.19. The Balaban J connectivity index is 2.61. The average molecular weight is 234 g/mol. The maximum absolute atomic E-state index is 6.00. The molecule has 0 spiro atoms. The van der Waals surface area contributed by atoms with Gasteiger partial charge in [0, 0.05) is 5.16 Å². The predicted octanol–water partition coefficient (Wildman–Crippen LogP) is 0.371. The van der Waals surface area contributed by atoms with E-state index in [2.05, 4.69) is 69.0 Å². The van der Waals surface area contributed by atoms with Gasteiger partial charge in [0.2, 0.25) is 0 Å². The second-order valence-electron chi connectivity index (χ2n) is 5.51. The van der Waals surface area contributed by atoms with Crippen molar-refractivity contribution in [2.24, 2.45) is 0 Å². The van der Waals surface area contributed by atoms with E-state index in [-0.39, 0.29) is 10.8 Å². The summed E-state index contributed by atoms with van der Waals surface area (Å²) in [6.45, 7) is 8.61. The van der Waals surface area contributed by atoms with Crippen LogP contribution in [0.4, 0.5) is 0 Å². The monoisotopic (exact) mass is 234 g/mol. The zero-order chi connectivity index (χ0) is 12.4. The number of hydrogen-bond acceptors (Lipinski definition) is 1. The zero-order valence-corrected chi connectivity index (χ0v) is 12.2. The van der Waals surface area contributed by atoms with Crippen LogP contribution in [0.2, 0.25) is 0 Å². The maximum Gasteiger partial charge on any atom is 0.309 e. The van der Waals surface area contributed by atoms with Gasteiger partial charge in [-0.3, -0.25) is 0 Å². The van der Waals surface area contributed by atoms with Crippen LogP contribution in [0.3, 0.4) is 0 Å². The summed E-state index contributed by atoms with van der Waals surface area (Å²) in [4.78, 5) is 0. The highest BCUT2D eigenvalue weighted by atomic mass is 31.0. The topological polar surface area (TPSA) is 9.23 Å². The lowest BCUT2D eigenvalue weighted by molar-refractivity contribution is 0.0841. The molecule has 1 unspecified atom stereocenters. The lowest BCUT2D eigenvalue weighted by atomic mass is 9.82. The zero-order valence-electron chi connectivity index (χ0n) is 11.0. The van der Waals surface area contributed by atoms with E-state index >= 15 is 0 Å². The summed E-state index contributed by atoms with van der Waals surface area (Å²) in [7, 11) is 5.62. The van der Waals surface area contributed by atoms with Gasteiger partial charge in [0.05, 0.1) is 5.60 Å². The lowest BCUT2D eigenvalue weighted by Crippen LogP contribution is -2.45. The Bertz CT molecular complexity index is 341. The molecule has 0 amide bonds. The van der Waals surface area contributed by atoms with E-state index in [1.807, 2.05) is 0 Å². The van der Waals surface area contributed by atoms with E-state index in [1.165, 1.54) is 10.9 Å². The standard InChI is InChI=1S/C12H21B2OP/c1-11(2,12(3,4)16)15-14-10-7-5-9(13)6-8-10/h5-8,14H,13,16H2,1-4H3. The molecule has 1 atom stereocenters. The molecule has 0 aliphatic rings. The van der Waals surface area contributed by atoms with Crippen LogP contribution in [0.25, 0.3) is 0 Å². The first kappa shape index (κ1) is 13.8. The van der Waals surface area contributed by atoms with E-state index < -0.39 is 0 Å². The quantitative estimate of drug-likeness (QED) is 0.540. The van der Waals surface area contributed by atoms with Crippen molar-refractivity contribution in [1.82, 2.24) is 0 Å². The summed E-state index contributed by atoms with van der Waals surface area (Å²) >= 11 is 0. The number of benzene rings is 1. The van der Waals surface area contributed by atoms with Gasteiger partial charge in [-0.25, -0.2) is 0 Å². The second-order valence-corrected chi connectivity index (χ2v) is 6.95. The fourth-order valence-electron chi connectivity index (χ4n) is 1.13. The third kappa shape index (κ3) is 3.64. The van der Waals surface area contributed by atoms with Crippen LogP contribution < -0.4 is 10.9 Å². The second kappa shape index (κ2) is 4.94. The van der Waals surface area contributed by atoms with Gasteiger partial charge >= 0.3 is 7.48 Å². The van der Waals surface area contributed by atoms with Gasteiger partial charge in [0.15, 0.2) is 0 Å². The SMILES string of the molecule is Bc1ccc(BOC(C)(C)C(C)(C)P)cc1. The molecule has 16 heavy (non-hydrogen) atoms. The Morgan fingerprint density at radius 2 is 1.62 bits per heavy atom. The molecular formula is C12H21B2OP. The Hall–Kier alpha value is -0.260. The van der Waals surface area contributed by atoms with Gasteiger partial charge in [-0.1, -0.05) is 49.0 Å². The average Bonchev–Trinajstić information content (AvgIpc) is 2.15. The van der Waals surface area contributed by atoms with Crippen molar-refractivity contribution in [3.63, 3.8) is 0 Å². The van der Waals surface area contributed by atoms with E-state index in [1.54, 1.807) is 0 Å². The molecule has 1 aromatic rings. The van der Waals surface area contributed by atoms with E-state index in [4.69, 9.17) is 4.65 Å². The molecule has 86 valence electrons. The van der Waals surface area contributed by atoms with E-state index in [9.17, 15) is 0 Å². The minimum atomic E-state index is -0.150. The predicted molar refractivity (Wildman–Crippen MR) is 80.4 cm³/mol. The van der Waals surface area contributed by atoms with Crippen LogP contribution in [0.15, 0.2) is 24.3 Å². The molecule has 0 aliphatic carbocycles. The molecule has 0 fully saturated rings. The Labute approximate surface area is 103 Å². The number of hydrogen-bond donors (Lipinski definition) is 0. The van der Waals surface area contributed by atoms with Crippen LogP contribution in [0.5, 0.6) is 0 Å². The molecule has 0 aliphatic heterocycles. The molecule has 1 rings (SSSR count). The van der Waals surface area contributed by atoms with Crippen LogP contribution in [0.1, 0.15) is 27.7 Å². The molecule has 0 N–H and O–H groups in total. The third-order valence-electron chi connectivity index (χ3n) is 3.27. The largest absolute Gasteiger partial charge is 0.429 e. The highest BCUT2D eigenvalue weighted by Crippen LogP contribution is 2.32. The van der Waals surface area contributed by atoms with Crippen molar-refractivity contribution in [3.8, 4) is 0 Å². The van der Waals surface area contributed by atoms with E-state index in [0.717, 1.165) is 0 Å². The van der Waals surface area contributed by atoms with Gasteiger partial charge in [-0.2, -0.15) is 0 Å². The summed E-state index contributed by atoms with van der Waals surface area (Å²) < 4.78 is 6.00. The van der Waals surface area contributed by atoms with Crippen LogP contribution in [-0.4, -0.2) is 26.1 Å². The smallest absolute Gasteiger partial charge is 0.309 e. The molecule has 0 bridgehead atoms. The van der Waals surface area contributed by atoms with Crippen molar-refractivity contribution < 1.29 is 4.65 Å². The summed E-state index contributed by atoms with van der Waals surface area (Å²) in [6, 6.07) is 8.50. The van der Waals surface area contributed by atoms with Gasteiger partial charge in [-0.05, 0) is 13.8 Å². The summed E-state index contributed by atoms with van der Waals surface area (Å²) in [5.74, 6) is 0. The summed E-state index contributed by atoms with van der Waals surface area (Å²) in [5, 5.41) is 0.0672. The molecule has 0 saturated carbocycles. The van der Waals surface area contributed by atoms with Gasteiger partial charge in [-0.15, -0.1) is 9.24 Å². The number of rotatable bonds is 4. The van der Waals surface area contributed by atoms with Gasteiger partial charge in [0.25, 0.3) is 0 Å². The minimum absolute atomic E-state index is 0.0672.